The van der Waals surface area contributed by atoms with Crippen molar-refractivity contribution in [2.24, 2.45) is 0 Å². The molecule has 1 aliphatic rings. The average molecular weight is 315 g/mol. The van der Waals surface area contributed by atoms with Crippen LogP contribution in [0.3, 0.4) is 0 Å². The molecule has 114 valence electrons. The predicted octanol–water partition coefficient (Wildman–Crippen LogP) is 2.06. The van der Waals surface area contributed by atoms with E-state index < -0.39 is 0 Å². The first-order valence-electron chi connectivity index (χ1n) is 7.23. The molecule has 3 rings (SSSR count). The van der Waals surface area contributed by atoms with Crippen molar-refractivity contribution in [2.75, 3.05) is 6.54 Å². The second-order valence-corrected chi connectivity index (χ2v) is 6.28. The minimum Gasteiger partial charge on any atom is -0.352 e. The van der Waals surface area contributed by atoms with Crippen LogP contribution >= 0.6 is 11.3 Å². The minimum absolute atomic E-state index is 0.00000189. The summed E-state index contributed by atoms with van der Waals surface area (Å²) < 4.78 is 0. The fourth-order valence-electron chi connectivity index (χ4n) is 2.57. The number of thiophene rings is 1. The van der Waals surface area contributed by atoms with Crippen LogP contribution in [-0.4, -0.2) is 34.3 Å². The summed E-state index contributed by atoms with van der Waals surface area (Å²) in [5.74, 6) is 0.0647. The molecule has 0 radical (unpaired) electrons. The van der Waals surface area contributed by atoms with Crippen molar-refractivity contribution in [3.63, 3.8) is 0 Å². The van der Waals surface area contributed by atoms with Crippen molar-refractivity contribution in [2.45, 2.75) is 25.4 Å². The van der Waals surface area contributed by atoms with Gasteiger partial charge in [-0.15, -0.1) is 11.3 Å². The molecule has 1 saturated heterocycles. The summed E-state index contributed by atoms with van der Waals surface area (Å²) in [6.07, 6.45) is 4.80. The van der Waals surface area contributed by atoms with Crippen LogP contribution in [0.5, 0.6) is 0 Å². The van der Waals surface area contributed by atoms with E-state index in [1.165, 1.54) is 11.3 Å². The Hall–Kier alpha value is -2.21. The lowest BCUT2D eigenvalue weighted by Crippen LogP contribution is -2.41. The fraction of sp³-hybridized carbons (Fsp3) is 0.312. The number of nitrogens with zero attached hydrogens (tertiary/aromatic N) is 2. The van der Waals surface area contributed by atoms with E-state index in [4.69, 9.17) is 0 Å². The van der Waals surface area contributed by atoms with Gasteiger partial charge in [0.05, 0.1) is 4.88 Å². The number of nitrogens with one attached hydrogen (secondary N) is 1. The Labute approximate surface area is 133 Å². The van der Waals surface area contributed by atoms with Crippen LogP contribution in [0.1, 0.15) is 28.1 Å². The van der Waals surface area contributed by atoms with E-state index in [-0.39, 0.29) is 17.9 Å². The van der Waals surface area contributed by atoms with Crippen molar-refractivity contribution in [1.82, 2.24) is 15.2 Å². The molecule has 2 aromatic rings. The Morgan fingerprint density at radius 1 is 1.41 bits per heavy atom. The van der Waals surface area contributed by atoms with Crippen molar-refractivity contribution >= 4 is 23.2 Å². The Bertz CT molecular complexity index is 643. The van der Waals surface area contributed by atoms with Gasteiger partial charge in [0.25, 0.3) is 5.91 Å². The average Bonchev–Trinajstić information content (AvgIpc) is 3.19. The van der Waals surface area contributed by atoms with Gasteiger partial charge in [-0.3, -0.25) is 14.6 Å². The van der Waals surface area contributed by atoms with Gasteiger partial charge in [-0.1, -0.05) is 12.1 Å². The van der Waals surface area contributed by atoms with Crippen molar-refractivity contribution in [3.8, 4) is 0 Å². The molecule has 0 saturated carbocycles. The molecule has 0 aromatic carbocycles. The maximum Gasteiger partial charge on any atom is 0.264 e. The van der Waals surface area contributed by atoms with Gasteiger partial charge in [0.15, 0.2) is 0 Å². The van der Waals surface area contributed by atoms with Gasteiger partial charge in [-0.25, -0.2) is 0 Å². The second kappa shape index (κ2) is 6.70. The van der Waals surface area contributed by atoms with Gasteiger partial charge in [0.1, 0.15) is 0 Å². The van der Waals surface area contributed by atoms with Crippen LogP contribution in [0.25, 0.3) is 0 Å². The topological polar surface area (TPSA) is 62.3 Å². The van der Waals surface area contributed by atoms with Crippen LogP contribution in [0.15, 0.2) is 42.0 Å². The summed E-state index contributed by atoms with van der Waals surface area (Å²) in [6.45, 7) is 1.02. The number of hydrogen-bond acceptors (Lipinski definition) is 4. The standard InChI is InChI=1S/C16H17N3O2S/c20-15-6-5-13(18-15)11-19(10-12-3-1-7-17-9-12)16(21)14-4-2-8-22-14/h1-4,7-9,13H,5-6,10-11H2,(H,18,20)/t13-/m0/s1. The van der Waals surface area contributed by atoms with Gasteiger partial charge < -0.3 is 10.2 Å². The highest BCUT2D eigenvalue weighted by Gasteiger charge is 2.26. The SMILES string of the molecule is O=C1CC[C@@H](CN(Cc2cccnc2)C(=O)c2cccs2)N1. The number of hydrogen-bond donors (Lipinski definition) is 1. The lowest BCUT2D eigenvalue weighted by Gasteiger charge is -2.25. The van der Waals surface area contributed by atoms with Gasteiger partial charge in [0, 0.05) is 37.9 Å². The molecule has 2 aromatic heterocycles. The van der Waals surface area contributed by atoms with Crippen molar-refractivity contribution in [3.05, 3.63) is 52.5 Å². The molecule has 1 aliphatic heterocycles. The molecular formula is C16H17N3O2S. The van der Waals surface area contributed by atoms with Crippen molar-refractivity contribution in [1.29, 1.82) is 0 Å². The minimum atomic E-state index is 0.00000189. The molecule has 1 fully saturated rings. The van der Waals surface area contributed by atoms with Gasteiger partial charge >= 0.3 is 0 Å². The number of carbonyl (C=O) groups is 2. The van der Waals surface area contributed by atoms with Crippen LogP contribution in [0.2, 0.25) is 0 Å². The summed E-state index contributed by atoms with van der Waals surface area (Å²) >= 11 is 1.43. The first-order valence-corrected chi connectivity index (χ1v) is 8.11. The molecule has 22 heavy (non-hydrogen) atoms. The summed E-state index contributed by atoms with van der Waals surface area (Å²) in [5.41, 5.74) is 0.983. The van der Waals surface area contributed by atoms with E-state index >= 15 is 0 Å². The maximum absolute atomic E-state index is 12.7. The number of amides is 2. The summed E-state index contributed by atoms with van der Waals surface area (Å²) in [7, 11) is 0. The largest absolute Gasteiger partial charge is 0.352 e. The fourth-order valence-corrected chi connectivity index (χ4v) is 3.26. The van der Waals surface area contributed by atoms with Crippen LogP contribution in [0, 0.1) is 0 Å². The zero-order chi connectivity index (χ0) is 15.4. The molecular weight excluding hydrogens is 298 g/mol. The van der Waals surface area contributed by atoms with E-state index in [9.17, 15) is 9.59 Å². The summed E-state index contributed by atoms with van der Waals surface area (Å²) in [4.78, 5) is 30.7. The molecule has 5 nitrogen and oxygen atoms in total. The summed E-state index contributed by atoms with van der Waals surface area (Å²) in [6, 6.07) is 7.55. The van der Waals surface area contributed by atoms with E-state index in [0.717, 1.165) is 12.0 Å². The number of carbonyl (C=O) groups excluding carboxylic acids is 2. The van der Waals surface area contributed by atoms with Crippen LogP contribution in [0.4, 0.5) is 0 Å². The molecule has 2 amide bonds. The third kappa shape index (κ3) is 3.51. The number of rotatable bonds is 5. The lowest BCUT2D eigenvalue weighted by molar-refractivity contribution is -0.119. The highest BCUT2D eigenvalue weighted by Crippen LogP contribution is 2.17. The van der Waals surface area contributed by atoms with E-state index in [1.807, 2.05) is 29.6 Å². The maximum atomic E-state index is 12.7. The molecule has 0 spiro atoms. The van der Waals surface area contributed by atoms with Gasteiger partial charge in [0.2, 0.25) is 5.91 Å². The Morgan fingerprint density at radius 2 is 2.32 bits per heavy atom. The molecule has 0 bridgehead atoms. The van der Waals surface area contributed by atoms with Crippen LogP contribution in [-0.2, 0) is 11.3 Å². The molecule has 1 atom stereocenters. The highest BCUT2D eigenvalue weighted by atomic mass is 32.1. The molecule has 0 unspecified atom stereocenters. The molecule has 6 heteroatoms. The second-order valence-electron chi connectivity index (χ2n) is 5.33. The Kier molecular flexibility index (Phi) is 4.48. The van der Waals surface area contributed by atoms with Gasteiger partial charge in [-0.05, 0) is 29.5 Å². The third-order valence-corrected chi connectivity index (χ3v) is 4.50. The van der Waals surface area contributed by atoms with Crippen molar-refractivity contribution < 1.29 is 9.59 Å². The van der Waals surface area contributed by atoms with E-state index in [0.29, 0.717) is 24.4 Å². The Morgan fingerprint density at radius 3 is 2.95 bits per heavy atom. The monoisotopic (exact) mass is 315 g/mol. The third-order valence-electron chi connectivity index (χ3n) is 3.64. The number of aromatic nitrogens is 1. The summed E-state index contributed by atoms with van der Waals surface area (Å²) in [5, 5.41) is 4.82. The first kappa shape index (κ1) is 14.7. The normalized spacial score (nSPS) is 17.3. The quantitative estimate of drug-likeness (QED) is 0.919. The zero-order valence-corrected chi connectivity index (χ0v) is 12.9. The van der Waals surface area contributed by atoms with E-state index in [1.54, 1.807) is 17.3 Å². The van der Waals surface area contributed by atoms with E-state index in [2.05, 4.69) is 10.3 Å². The van der Waals surface area contributed by atoms with Gasteiger partial charge in [-0.2, -0.15) is 0 Å². The molecule has 3 heterocycles. The molecule has 0 aliphatic carbocycles. The molecule has 1 N–H and O–H groups in total. The Balaban J connectivity index is 1.75. The highest BCUT2D eigenvalue weighted by molar-refractivity contribution is 7.12. The zero-order valence-electron chi connectivity index (χ0n) is 12.1. The predicted molar refractivity (Wildman–Crippen MR) is 84.5 cm³/mol. The lowest BCUT2D eigenvalue weighted by atomic mass is 10.2. The number of pyridine rings is 1. The first-order chi connectivity index (χ1) is 10.7. The smallest absolute Gasteiger partial charge is 0.264 e. The van der Waals surface area contributed by atoms with Crippen LogP contribution < -0.4 is 5.32 Å².